The average molecular weight is 376 g/mol. The average Bonchev–Trinajstić information content (AvgIpc) is 2.60. The number of carbonyl (C=O) groups excluding carboxylic acids is 2. The number of esters is 1. The number of carbonyl (C=O) groups is 2. The molecule has 0 aliphatic carbocycles. The molecule has 0 saturated carbocycles. The van der Waals surface area contributed by atoms with Crippen molar-refractivity contribution in [3.63, 3.8) is 0 Å². The highest BCUT2D eigenvalue weighted by atomic mass is 16.5. The van der Waals surface area contributed by atoms with Gasteiger partial charge in [0.05, 0.1) is 13.2 Å². The lowest BCUT2D eigenvalue weighted by Crippen LogP contribution is -2.34. The summed E-state index contributed by atoms with van der Waals surface area (Å²) in [4.78, 5) is 24.7. The second kappa shape index (κ2) is 9.34. The van der Waals surface area contributed by atoms with E-state index >= 15 is 0 Å². The summed E-state index contributed by atoms with van der Waals surface area (Å²) in [5.41, 5.74) is 0.387. The maximum absolute atomic E-state index is 12.5. The molecule has 0 saturated heterocycles. The first-order valence-corrected chi connectivity index (χ1v) is 8.57. The molecule has 0 aromatic heterocycles. The van der Waals surface area contributed by atoms with Crippen molar-refractivity contribution in [2.45, 2.75) is 38.1 Å². The third kappa shape index (κ3) is 5.18. The second-order valence-corrected chi connectivity index (χ2v) is 6.23. The third-order valence-electron chi connectivity index (χ3n) is 4.18. The van der Waals surface area contributed by atoms with Crippen LogP contribution in [0, 0.1) is 0 Å². The smallest absolute Gasteiger partial charge is 0.342 e. The fraction of sp³-hybridized carbons (Fsp3) is 0.400. The van der Waals surface area contributed by atoms with Crippen molar-refractivity contribution in [2.24, 2.45) is 0 Å². The first kappa shape index (κ1) is 20.7. The van der Waals surface area contributed by atoms with Gasteiger partial charge in [-0.15, -0.1) is 0 Å². The van der Waals surface area contributed by atoms with E-state index < -0.39 is 24.3 Å². The van der Waals surface area contributed by atoms with Crippen LogP contribution in [0.1, 0.15) is 35.7 Å². The lowest BCUT2D eigenvalue weighted by molar-refractivity contribution is -0.130. The summed E-state index contributed by atoms with van der Waals surface area (Å²) >= 11 is 0. The number of cyclic esters (lactones) is 1. The topological polar surface area (TPSA) is 102 Å². The van der Waals surface area contributed by atoms with E-state index in [9.17, 15) is 19.8 Å². The molecule has 7 heteroatoms. The number of aromatic hydroxyl groups is 1. The number of methoxy groups -OCH3 is 2. The van der Waals surface area contributed by atoms with Gasteiger partial charge in [-0.3, -0.25) is 4.79 Å². The van der Waals surface area contributed by atoms with Crippen molar-refractivity contribution >= 4 is 17.8 Å². The molecule has 1 aromatic carbocycles. The number of aliphatic hydroxyl groups excluding tert-OH is 1. The molecule has 0 spiro atoms. The van der Waals surface area contributed by atoms with Gasteiger partial charge in [0.2, 0.25) is 0 Å². The number of phenolic OH excluding ortho intramolecular Hbond substituents is 1. The Balaban J connectivity index is 2.46. The van der Waals surface area contributed by atoms with Gasteiger partial charge in [0.25, 0.3) is 0 Å². The number of hydrogen-bond donors (Lipinski definition) is 2. The fourth-order valence-corrected chi connectivity index (χ4v) is 2.77. The van der Waals surface area contributed by atoms with Crippen LogP contribution in [0.5, 0.6) is 11.5 Å². The number of rotatable bonds is 2. The van der Waals surface area contributed by atoms with E-state index in [1.807, 2.05) is 0 Å². The van der Waals surface area contributed by atoms with Crippen LogP contribution in [-0.4, -0.2) is 54.5 Å². The Bertz CT molecular complexity index is 751. The van der Waals surface area contributed by atoms with Crippen LogP contribution in [-0.2, 0) is 14.3 Å². The number of ether oxygens (including phenoxy) is 3. The largest absolute Gasteiger partial charge is 0.507 e. The summed E-state index contributed by atoms with van der Waals surface area (Å²) in [6.07, 6.45) is 3.87. The van der Waals surface area contributed by atoms with Crippen LogP contribution >= 0.6 is 0 Å². The molecule has 146 valence electrons. The summed E-state index contributed by atoms with van der Waals surface area (Å²) in [5.74, 6) is -0.950. The molecule has 27 heavy (non-hydrogen) atoms. The minimum atomic E-state index is -1.06. The Morgan fingerprint density at radius 2 is 1.81 bits per heavy atom. The van der Waals surface area contributed by atoms with Gasteiger partial charge < -0.3 is 24.4 Å². The zero-order valence-corrected chi connectivity index (χ0v) is 15.5. The van der Waals surface area contributed by atoms with E-state index in [-0.39, 0.29) is 23.5 Å². The Hall–Kier alpha value is -2.64. The van der Waals surface area contributed by atoms with Crippen molar-refractivity contribution in [3.05, 3.63) is 41.5 Å². The summed E-state index contributed by atoms with van der Waals surface area (Å²) in [7, 11) is 2.80. The van der Waals surface area contributed by atoms with Gasteiger partial charge in [-0.1, -0.05) is 18.2 Å². The molecule has 3 atom stereocenters. The van der Waals surface area contributed by atoms with Crippen molar-refractivity contribution in [2.75, 3.05) is 14.2 Å². The monoisotopic (exact) mass is 376 g/mol. The maximum Gasteiger partial charge on any atom is 0.342 e. The number of ketones is 1. The summed E-state index contributed by atoms with van der Waals surface area (Å²) in [6, 6.07) is 2.91. The SMILES string of the molecule is COc1cc(O)c2c(c1)/C=C/C[C@H](O)[C@H](OC)C(=O)/C=C/C[C@H](C)OC2=O. The molecule has 2 rings (SSSR count). The van der Waals surface area contributed by atoms with Crippen molar-refractivity contribution in [1.29, 1.82) is 0 Å². The molecule has 1 aromatic rings. The quantitative estimate of drug-likeness (QED) is 0.763. The Kier molecular flexibility index (Phi) is 7.15. The number of fused-ring (bicyclic) bond motifs is 1. The van der Waals surface area contributed by atoms with Crippen LogP contribution in [0.25, 0.3) is 6.08 Å². The molecule has 0 fully saturated rings. The van der Waals surface area contributed by atoms with Crippen LogP contribution < -0.4 is 4.74 Å². The van der Waals surface area contributed by atoms with Crippen LogP contribution in [0.15, 0.2) is 30.4 Å². The number of phenols is 1. The fourth-order valence-electron chi connectivity index (χ4n) is 2.77. The second-order valence-electron chi connectivity index (χ2n) is 6.23. The zero-order valence-electron chi connectivity index (χ0n) is 15.5. The highest BCUT2D eigenvalue weighted by Crippen LogP contribution is 2.30. The molecule has 0 amide bonds. The zero-order chi connectivity index (χ0) is 20.0. The number of hydrogen-bond acceptors (Lipinski definition) is 7. The minimum Gasteiger partial charge on any atom is -0.507 e. The van der Waals surface area contributed by atoms with E-state index in [1.165, 1.54) is 26.4 Å². The Morgan fingerprint density at radius 3 is 2.48 bits per heavy atom. The molecular formula is C20H24O7. The highest BCUT2D eigenvalue weighted by molar-refractivity contribution is 5.97. The normalized spacial score (nSPS) is 26.4. The van der Waals surface area contributed by atoms with Crippen molar-refractivity contribution in [3.8, 4) is 11.5 Å². The van der Waals surface area contributed by atoms with E-state index in [4.69, 9.17) is 14.2 Å². The van der Waals surface area contributed by atoms with Gasteiger partial charge in [-0.2, -0.15) is 0 Å². The number of benzene rings is 1. The summed E-state index contributed by atoms with van der Waals surface area (Å²) < 4.78 is 15.6. The molecule has 1 aliphatic heterocycles. The van der Waals surface area contributed by atoms with Gasteiger partial charge in [0, 0.05) is 19.6 Å². The summed E-state index contributed by atoms with van der Waals surface area (Å²) in [6.45, 7) is 1.68. The van der Waals surface area contributed by atoms with Gasteiger partial charge >= 0.3 is 5.97 Å². The molecule has 0 bridgehead atoms. The van der Waals surface area contributed by atoms with Crippen LogP contribution in [0.2, 0.25) is 0 Å². The van der Waals surface area contributed by atoms with E-state index in [1.54, 1.807) is 31.2 Å². The molecule has 0 unspecified atom stereocenters. The molecular weight excluding hydrogens is 352 g/mol. The molecule has 2 N–H and O–H groups in total. The predicted molar refractivity (Wildman–Crippen MR) is 98.8 cm³/mol. The molecule has 1 heterocycles. The Morgan fingerprint density at radius 1 is 1.11 bits per heavy atom. The number of aliphatic hydroxyl groups is 1. The van der Waals surface area contributed by atoms with Gasteiger partial charge in [-0.25, -0.2) is 4.79 Å². The molecule has 7 nitrogen and oxygen atoms in total. The predicted octanol–water partition coefficient (Wildman–Crippen LogP) is 2.25. The summed E-state index contributed by atoms with van der Waals surface area (Å²) in [5, 5.41) is 20.5. The lowest BCUT2D eigenvalue weighted by Gasteiger charge is -2.19. The van der Waals surface area contributed by atoms with E-state index in [0.717, 1.165) is 0 Å². The minimum absolute atomic E-state index is 0.00815. The standard InChI is InChI=1S/C20H24O7/c1-12-6-4-8-15(21)19(26-3)16(22)9-5-7-13-10-14(25-2)11-17(23)18(13)20(24)27-12/h4-5,7-8,10-12,16,19,22-23H,6,9H2,1-3H3/b7-5+,8-4+/t12-,16-,19+/m0/s1. The van der Waals surface area contributed by atoms with Crippen LogP contribution in [0.3, 0.4) is 0 Å². The van der Waals surface area contributed by atoms with Gasteiger partial charge in [0.15, 0.2) is 5.78 Å². The van der Waals surface area contributed by atoms with Gasteiger partial charge in [0.1, 0.15) is 29.3 Å². The molecule has 0 radical (unpaired) electrons. The van der Waals surface area contributed by atoms with Gasteiger partial charge in [-0.05, 0) is 31.1 Å². The first-order chi connectivity index (χ1) is 12.9. The lowest BCUT2D eigenvalue weighted by atomic mass is 10.0. The van der Waals surface area contributed by atoms with Crippen molar-refractivity contribution in [1.82, 2.24) is 0 Å². The van der Waals surface area contributed by atoms with Crippen molar-refractivity contribution < 1.29 is 34.0 Å². The third-order valence-corrected chi connectivity index (χ3v) is 4.18. The highest BCUT2D eigenvalue weighted by Gasteiger charge is 2.25. The van der Waals surface area contributed by atoms with Crippen LogP contribution in [0.4, 0.5) is 0 Å². The Labute approximate surface area is 157 Å². The first-order valence-electron chi connectivity index (χ1n) is 8.57. The van der Waals surface area contributed by atoms with E-state index in [0.29, 0.717) is 17.7 Å². The van der Waals surface area contributed by atoms with E-state index in [2.05, 4.69) is 0 Å². The molecule has 1 aliphatic rings. The maximum atomic E-state index is 12.5.